The fourth-order valence-electron chi connectivity index (χ4n) is 4.59. The number of aromatic carboxylic acids is 1. The molecule has 0 atom stereocenters. The van der Waals surface area contributed by atoms with E-state index in [2.05, 4.69) is 53.3 Å². The van der Waals surface area contributed by atoms with Gasteiger partial charge >= 0.3 is 5.97 Å². The van der Waals surface area contributed by atoms with Crippen molar-refractivity contribution >= 4 is 17.0 Å². The van der Waals surface area contributed by atoms with Crippen LogP contribution in [0.5, 0.6) is 5.75 Å². The molecule has 7 nitrogen and oxygen atoms in total. The van der Waals surface area contributed by atoms with Crippen LogP contribution in [0.15, 0.2) is 109 Å². The molecule has 196 valence electrons. The van der Waals surface area contributed by atoms with Gasteiger partial charge in [-0.15, -0.1) is 0 Å². The normalized spacial score (nSPS) is 11.0. The molecule has 0 amide bonds. The molecule has 0 aliphatic heterocycles. The quantitative estimate of drug-likeness (QED) is 0.224. The second-order valence-corrected chi connectivity index (χ2v) is 9.39. The average Bonchev–Trinajstić information content (AvgIpc) is 3.46. The number of carboxylic acids is 1. The number of carbonyl (C=O) groups is 1. The minimum Gasteiger partial charge on any atom is -0.494 e. The first-order valence-electron chi connectivity index (χ1n) is 13.1. The molecule has 6 rings (SSSR count). The van der Waals surface area contributed by atoms with Crippen LogP contribution >= 0.6 is 0 Å². The highest BCUT2D eigenvalue weighted by Crippen LogP contribution is 2.32. The molecule has 40 heavy (non-hydrogen) atoms. The SMILES string of the molecule is CCCOc1ccc(-c2ccc(-c3cc(-c4ccc5nccnc5c4)n(-c4ccc(C(=O)O)cc4)n3)cc2)cc1. The lowest BCUT2D eigenvalue weighted by atomic mass is 10.0. The highest BCUT2D eigenvalue weighted by molar-refractivity contribution is 5.88. The van der Waals surface area contributed by atoms with Gasteiger partial charge in [0.15, 0.2) is 0 Å². The minimum atomic E-state index is -0.968. The third-order valence-electron chi connectivity index (χ3n) is 6.67. The van der Waals surface area contributed by atoms with Crippen LogP contribution in [0.25, 0.3) is 50.4 Å². The molecular weight excluding hydrogens is 500 g/mol. The lowest BCUT2D eigenvalue weighted by Crippen LogP contribution is -2.01. The van der Waals surface area contributed by atoms with Crippen molar-refractivity contribution in [2.75, 3.05) is 6.61 Å². The molecule has 0 bridgehead atoms. The van der Waals surface area contributed by atoms with Crippen molar-refractivity contribution in [3.63, 3.8) is 0 Å². The van der Waals surface area contributed by atoms with Crippen LogP contribution in [0.4, 0.5) is 0 Å². The van der Waals surface area contributed by atoms with Crippen molar-refractivity contribution in [2.24, 2.45) is 0 Å². The fraction of sp³-hybridized carbons (Fsp3) is 0.0909. The van der Waals surface area contributed by atoms with Gasteiger partial charge in [-0.05, 0) is 72.1 Å². The smallest absolute Gasteiger partial charge is 0.335 e. The maximum Gasteiger partial charge on any atom is 0.335 e. The number of hydrogen-bond acceptors (Lipinski definition) is 5. The Morgan fingerprint density at radius 3 is 2.05 bits per heavy atom. The zero-order valence-electron chi connectivity index (χ0n) is 21.9. The van der Waals surface area contributed by atoms with Crippen LogP contribution in [-0.2, 0) is 0 Å². The van der Waals surface area contributed by atoms with E-state index in [4.69, 9.17) is 9.84 Å². The number of fused-ring (bicyclic) bond motifs is 1. The van der Waals surface area contributed by atoms with Gasteiger partial charge in [-0.2, -0.15) is 5.10 Å². The highest BCUT2D eigenvalue weighted by Gasteiger charge is 2.15. The predicted molar refractivity (Wildman–Crippen MR) is 156 cm³/mol. The first kappa shape index (κ1) is 25.0. The maximum absolute atomic E-state index is 11.4. The van der Waals surface area contributed by atoms with Crippen LogP contribution in [0.2, 0.25) is 0 Å². The van der Waals surface area contributed by atoms with Gasteiger partial charge < -0.3 is 9.84 Å². The van der Waals surface area contributed by atoms with Gasteiger partial charge in [-0.3, -0.25) is 9.97 Å². The fourth-order valence-corrected chi connectivity index (χ4v) is 4.59. The van der Waals surface area contributed by atoms with Gasteiger partial charge in [0.05, 0.1) is 40.3 Å². The average molecular weight is 527 g/mol. The topological polar surface area (TPSA) is 90.1 Å². The Labute approximate surface area is 231 Å². The zero-order chi connectivity index (χ0) is 27.5. The van der Waals surface area contributed by atoms with Crippen LogP contribution in [-0.4, -0.2) is 37.4 Å². The second kappa shape index (κ2) is 10.8. The molecule has 0 fully saturated rings. The van der Waals surface area contributed by atoms with Crippen molar-refractivity contribution in [1.29, 1.82) is 0 Å². The van der Waals surface area contributed by atoms with Crippen molar-refractivity contribution in [3.8, 4) is 45.1 Å². The summed E-state index contributed by atoms with van der Waals surface area (Å²) in [6, 6.07) is 31.1. The Bertz CT molecular complexity index is 1790. The van der Waals surface area contributed by atoms with Gasteiger partial charge in [0, 0.05) is 23.5 Å². The Balaban J connectivity index is 1.37. The van der Waals surface area contributed by atoms with Gasteiger partial charge in [0.25, 0.3) is 0 Å². The molecule has 2 aromatic heterocycles. The van der Waals surface area contributed by atoms with Gasteiger partial charge in [-0.1, -0.05) is 49.4 Å². The van der Waals surface area contributed by atoms with Gasteiger partial charge in [-0.25, -0.2) is 9.48 Å². The number of rotatable bonds is 8. The molecule has 0 aliphatic carbocycles. The number of ether oxygens (including phenoxy) is 1. The molecule has 4 aromatic carbocycles. The molecular formula is C33H26N4O3. The van der Waals surface area contributed by atoms with E-state index >= 15 is 0 Å². The maximum atomic E-state index is 11.4. The first-order chi connectivity index (χ1) is 19.6. The Morgan fingerprint density at radius 2 is 1.38 bits per heavy atom. The molecule has 0 aliphatic rings. The van der Waals surface area contributed by atoms with Crippen LogP contribution in [0.3, 0.4) is 0 Å². The summed E-state index contributed by atoms with van der Waals surface area (Å²) in [6.07, 6.45) is 4.32. The molecule has 0 unspecified atom stereocenters. The predicted octanol–water partition coefficient (Wildman–Crippen LogP) is 7.30. The Hall–Kier alpha value is -5.30. The molecule has 6 aromatic rings. The number of nitrogens with zero attached hydrogens (tertiary/aromatic N) is 4. The summed E-state index contributed by atoms with van der Waals surface area (Å²) in [7, 11) is 0. The largest absolute Gasteiger partial charge is 0.494 e. The van der Waals surface area contributed by atoms with E-state index in [1.54, 1.807) is 36.7 Å². The molecule has 2 heterocycles. The summed E-state index contributed by atoms with van der Waals surface area (Å²) in [5.74, 6) is -0.0967. The third-order valence-corrected chi connectivity index (χ3v) is 6.67. The van der Waals surface area contributed by atoms with E-state index in [0.717, 1.165) is 62.5 Å². The standard InChI is InChI=1S/C33H26N4O3/c1-2-19-40-28-14-9-23(10-15-28)22-3-5-24(6-4-22)30-21-32(26-11-16-29-31(20-26)35-18-17-34-29)37(36-30)27-12-7-25(8-13-27)33(38)39/h3-18,20-21H,2,19H2,1H3,(H,38,39). The molecule has 0 saturated carbocycles. The molecule has 7 heteroatoms. The zero-order valence-corrected chi connectivity index (χ0v) is 21.9. The van der Waals surface area contributed by atoms with Crippen molar-refractivity contribution in [3.05, 3.63) is 115 Å². The summed E-state index contributed by atoms with van der Waals surface area (Å²) in [5.41, 5.74) is 8.33. The van der Waals surface area contributed by atoms with E-state index in [-0.39, 0.29) is 5.56 Å². The summed E-state index contributed by atoms with van der Waals surface area (Å²) in [6.45, 7) is 2.80. The van der Waals surface area contributed by atoms with E-state index < -0.39 is 5.97 Å². The summed E-state index contributed by atoms with van der Waals surface area (Å²) in [5, 5.41) is 14.3. The summed E-state index contributed by atoms with van der Waals surface area (Å²) in [4.78, 5) is 20.2. The molecule has 1 N–H and O–H groups in total. The number of hydrogen-bond donors (Lipinski definition) is 1. The first-order valence-corrected chi connectivity index (χ1v) is 13.1. The highest BCUT2D eigenvalue weighted by atomic mass is 16.5. The monoisotopic (exact) mass is 526 g/mol. The van der Waals surface area contributed by atoms with Crippen LogP contribution in [0, 0.1) is 0 Å². The van der Waals surface area contributed by atoms with Gasteiger partial charge in [0.2, 0.25) is 0 Å². The van der Waals surface area contributed by atoms with E-state index in [9.17, 15) is 9.90 Å². The third kappa shape index (κ3) is 5.05. The Kier molecular flexibility index (Phi) is 6.77. The minimum absolute atomic E-state index is 0.221. The van der Waals surface area contributed by atoms with Crippen molar-refractivity contribution < 1.29 is 14.6 Å². The number of benzene rings is 4. The van der Waals surface area contributed by atoms with Gasteiger partial charge in [0.1, 0.15) is 5.75 Å². The lowest BCUT2D eigenvalue weighted by Gasteiger charge is -2.09. The van der Waals surface area contributed by atoms with Crippen molar-refractivity contribution in [1.82, 2.24) is 19.7 Å². The summed E-state index contributed by atoms with van der Waals surface area (Å²) < 4.78 is 7.54. The second-order valence-electron chi connectivity index (χ2n) is 9.39. The lowest BCUT2D eigenvalue weighted by molar-refractivity contribution is 0.0697. The number of carboxylic acid groups (broad SMARTS) is 1. The van der Waals surface area contributed by atoms with E-state index in [1.807, 2.05) is 41.1 Å². The Morgan fingerprint density at radius 1 is 0.750 bits per heavy atom. The molecule has 0 saturated heterocycles. The van der Waals surface area contributed by atoms with E-state index in [0.29, 0.717) is 6.61 Å². The van der Waals surface area contributed by atoms with Crippen molar-refractivity contribution in [2.45, 2.75) is 13.3 Å². The molecule has 0 radical (unpaired) electrons. The van der Waals surface area contributed by atoms with Crippen LogP contribution in [0.1, 0.15) is 23.7 Å². The van der Waals surface area contributed by atoms with Crippen LogP contribution < -0.4 is 4.74 Å². The summed E-state index contributed by atoms with van der Waals surface area (Å²) >= 11 is 0. The van der Waals surface area contributed by atoms with E-state index in [1.165, 1.54) is 0 Å². The number of aromatic nitrogens is 4. The molecule has 0 spiro atoms.